The van der Waals surface area contributed by atoms with E-state index in [1.165, 1.54) is 12.1 Å². The SMILES string of the molecule is CCCC[C@H](NC(=O)O[C@H](Cn1cnc(-c2ccc(F)cc2)c1)C(C)(C)C)[C@@H](O)C(=O)N[C@H](C)c1ccccc1. The number of nitrogens with one attached hydrogen (secondary N) is 2. The van der Waals surface area contributed by atoms with E-state index in [2.05, 4.69) is 15.6 Å². The fourth-order valence-corrected chi connectivity index (χ4v) is 4.26. The second-order valence-corrected chi connectivity index (χ2v) is 11.2. The maximum atomic E-state index is 13.3. The van der Waals surface area contributed by atoms with Crippen molar-refractivity contribution in [2.45, 2.75) is 84.7 Å². The van der Waals surface area contributed by atoms with Gasteiger partial charge in [0.25, 0.3) is 5.91 Å². The summed E-state index contributed by atoms with van der Waals surface area (Å²) >= 11 is 0. The molecule has 0 aliphatic carbocycles. The first-order valence-corrected chi connectivity index (χ1v) is 13.8. The van der Waals surface area contributed by atoms with E-state index in [0.29, 0.717) is 25.1 Å². The number of aliphatic hydroxyl groups excluding tert-OH is 1. The second kappa shape index (κ2) is 14.1. The van der Waals surface area contributed by atoms with Crippen molar-refractivity contribution in [3.63, 3.8) is 0 Å². The fourth-order valence-electron chi connectivity index (χ4n) is 4.26. The highest BCUT2D eigenvalue weighted by atomic mass is 19.1. The van der Waals surface area contributed by atoms with Gasteiger partial charge >= 0.3 is 6.09 Å². The lowest BCUT2D eigenvalue weighted by atomic mass is 9.89. The Hall–Kier alpha value is -3.72. The Morgan fingerprint density at radius 1 is 1.07 bits per heavy atom. The van der Waals surface area contributed by atoms with Crippen LogP contribution in [-0.4, -0.2) is 44.9 Å². The van der Waals surface area contributed by atoms with E-state index in [9.17, 15) is 19.1 Å². The minimum atomic E-state index is -1.44. The van der Waals surface area contributed by atoms with E-state index >= 15 is 0 Å². The van der Waals surface area contributed by atoms with Crippen molar-refractivity contribution in [3.05, 3.63) is 78.5 Å². The molecule has 3 aromatic rings. The van der Waals surface area contributed by atoms with Crippen LogP contribution in [0.3, 0.4) is 0 Å². The Morgan fingerprint density at radius 2 is 1.75 bits per heavy atom. The van der Waals surface area contributed by atoms with E-state index in [-0.39, 0.29) is 11.9 Å². The Morgan fingerprint density at radius 3 is 2.38 bits per heavy atom. The van der Waals surface area contributed by atoms with Gasteiger partial charge in [-0.2, -0.15) is 0 Å². The maximum absolute atomic E-state index is 13.3. The molecule has 2 amide bonds. The van der Waals surface area contributed by atoms with Crippen molar-refractivity contribution in [2.75, 3.05) is 0 Å². The first-order valence-electron chi connectivity index (χ1n) is 13.8. The summed E-state index contributed by atoms with van der Waals surface area (Å²) < 4.78 is 21.0. The molecule has 1 aromatic heterocycles. The Kier molecular flexibility index (Phi) is 10.8. The number of alkyl carbamates (subject to hydrolysis) is 1. The van der Waals surface area contributed by atoms with Gasteiger partial charge in [0.1, 0.15) is 11.9 Å². The average Bonchev–Trinajstić information content (AvgIpc) is 3.39. The van der Waals surface area contributed by atoms with Crippen molar-refractivity contribution in [1.29, 1.82) is 0 Å². The van der Waals surface area contributed by atoms with Gasteiger partial charge in [-0.1, -0.05) is 70.9 Å². The van der Waals surface area contributed by atoms with Gasteiger partial charge in [-0.25, -0.2) is 14.2 Å². The second-order valence-electron chi connectivity index (χ2n) is 11.2. The number of unbranched alkanes of at least 4 members (excludes halogenated alkanes) is 1. The molecule has 0 radical (unpaired) electrons. The molecule has 1 heterocycles. The zero-order chi connectivity index (χ0) is 29.3. The van der Waals surface area contributed by atoms with Crippen LogP contribution in [0.25, 0.3) is 11.3 Å². The summed E-state index contributed by atoms with van der Waals surface area (Å²) in [5.74, 6) is -0.877. The van der Waals surface area contributed by atoms with E-state index in [4.69, 9.17) is 4.74 Å². The minimum absolute atomic E-state index is 0.303. The van der Waals surface area contributed by atoms with Gasteiger partial charge in [-0.05, 0) is 43.2 Å². The Labute approximate surface area is 236 Å². The summed E-state index contributed by atoms with van der Waals surface area (Å²) in [6, 6.07) is 14.4. The largest absolute Gasteiger partial charge is 0.444 e. The summed E-state index contributed by atoms with van der Waals surface area (Å²) in [6.45, 7) is 10.1. The van der Waals surface area contributed by atoms with Crippen LogP contribution >= 0.6 is 0 Å². The van der Waals surface area contributed by atoms with Gasteiger partial charge in [0.05, 0.1) is 30.6 Å². The third-order valence-corrected chi connectivity index (χ3v) is 6.85. The first-order chi connectivity index (χ1) is 19.0. The summed E-state index contributed by atoms with van der Waals surface area (Å²) in [7, 11) is 0. The molecule has 9 heteroatoms. The van der Waals surface area contributed by atoms with Crippen LogP contribution < -0.4 is 10.6 Å². The normalized spacial score (nSPS) is 14.6. The molecule has 40 heavy (non-hydrogen) atoms. The van der Waals surface area contributed by atoms with Crippen molar-refractivity contribution in [2.24, 2.45) is 5.41 Å². The number of benzene rings is 2. The third kappa shape index (κ3) is 8.91. The topological polar surface area (TPSA) is 105 Å². The molecule has 0 saturated carbocycles. The highest BCUT2D eigenvalue weighted by molar-refractivity contribution is 5.82. The van der Waals surface area contributed by atoms with Crippen LogP contribution in [0.5, 0.6) is 0 Å². The molecule has 2 aromatic carbocycles. The van der Waals surface area contributed by atoms with E-state index in [1.54, 1.807) is 18.5 Å². The van der Waals surface area contributed by atoms with Crippen LogP contribution in [-0.2, 0) is 16.1 Å². The quantitative estimate of drug-likeness (QED) is 0.270. The molecule has 3 rings (SSSR count). The monoisotopic (exact) mass is 552 g/mol. The van der Waals surface area contributed by atoms with Crippen molar-refractivity contribution >= 4 is 12.0 Å². The van der Waals surface area contributed by atoms with Crippen molar-refractivity contribution < 1.29 is 23.8 Å². The Bertz CT molecular complexity index is 1220. The number of carbonyl (C=O) groups is 2. The first kappa shape index (κ1) is 30.8. The number of nitrogens with zero attached hydrogens (tertiary/aromatic N) is 2. The van der Waals surface area contributed by atoms with Gasteiger partial charge in [0.2, 0.25) is 0 Å². The molecule has 0 bridgehead atoms. The molecule has 0 fully saturated rings. The van der Waals surface area contributed by atoms with Crippen molar-refractivity contribution in [1.82, 2.24) is 20.2 Å². The summed E-state index contributed by atoms with van der Waals surface area (Å²) in [5, 5.41) is 16.5. The molecule has 8 nitrogen and oxygen atoms in total. The molecular weight excluding hydrogens is 511 g/mol. The van der Waals surface area contributed by atoms with Crippen molar-refractivity contribution in [3.8, 4) is 11.3 Å². The predicted molar refractivity (Wildman–Crippen MR) is 153 cm³/mol. The number of amides is 2. The van der Waals surface area contributed by atoms with Crippen LogP contribution in [0.2, 0.25) is 0 Å². The fraction of sp³-hybridized carbons (Fsp3) is 0.452. The zero-order valence-electron chi connectivity index (χ0n) is 23.9. The number of hydrogen-bond acceptors (Lipinski definition) is 5. The molecule has 0 aliphatic heterocycles. The van der Waals surface area contributed by atoms with E-state index in [1.807, 2.05) is 75.7 Å². The number of aromatic nitrogens is 2. The smallest absolute Gasteiger partial charge is 0.407 e. The number of hydrogen-bond donors (Lipinski definition) is 3. The molecule has 3 N–H and O–H groups in total. The lowest BCUT2D eigenvalue weighted by Gasteiger charge is -2.32. The summed E-state index contributed by atoms with van der Waals surface area (Å²) in [6.07, 6.45) is 2.75. The minimum Gasteiger partial charge on any atom is -0.444 e. The molecule has 4 atom stereocenters. The lowest BCUT2D eigenvalue weighted by molar-refractivity contribution is -0.131. The Balaban J connectivity index is 1.66. The highest BCUT2D eigenvalue weighted by Gasteiger charge is 2.32. The number of carbonyl (C=O) groups excluding carboxylic acids is 2. The van der Waals surface area contributed by atoms with Gasteiger partial charge in [0, 0.05) is 17.2 Å². The third-order valence-electron chi connectivity index (χ3n) is 6.85. The van der Waals surface area contributed by atoms with Gasteiger partial charge in [-0.15, -0.1) is 0 Å². The number of aliphatic hydroxyl groups is 1. The molecule has 0 spiro atoms. The molecule has 0 aliphatic rings. The lowest BCUT2D eigenvalue weighted by Crippen LogP contribution is -2.52. The van der Waals surface area contributed by atoms with Crippen LogP contribution in [0, 0.1) is 11.2 Å². The van der Waals surface area contributed by atoms with E-state index in [0.717, 1.165) is 17.5 Å². The van der Waals surface area contributed by atoms with Crippen LogP contribution in [0.15, 0.2) is 67.1 Å². The van der Waals surface area contributed by atoms with Crippen LogP contribution in [0.4, 0.5) is 9.18 Å². The highest BCUT2D eigenvalue weighted by Crippen LogP contribution is 2.25. The zero-order valence-corrected chi connectivity index (χ0v) is 23.9. The van der Waals surface area contributed by atoms with Gasteiger partial charge in [0.15, 0.2) is 6.10 Å². The molecule has 216 valence electrons. The number of ether oxygens (including phenoxy) is 1. The van der Waals surface area contributed by atoms with Crippen LogP contribution in [0.1, 0.15) is 65.5 Å². The number of halogens is 1. The average molecular weight is 553 g/mol. The summed E-state index contributed by atoms with van der Waals surface area (Å²) in [5.41, 5.74) is 1.95. The number of rotatable bonds is 12. The van der Waals surface area contributed by atoms with E-state index < -0.39 is 35.7 Å². The standard InChI is InChI=1S/C31H41FN4O4/c1-6-7-13-25(28(37)29(38)34-21(2)22-11-9-8-10-12-22)35-30(39)40-27(31(3,4)5)19-36-18-26(33-20-36)23-14-16-24(32)17-15-23/h8-12,14-18,20-21,25,27-28,37H,6-7,13,19H2,1-5H3,(H,34,38)(H,35,39)/t21-,25+,27-,28-/m1/s1. The predicted octanol–water partition coefficient (Wildman–Crippen LogP) is 5.63. The molecule has 0 unspecified atom stereocenters. The van der Waals surface area contributed by atoms with Gasteiger partial charge < -0.3 is 25.0 Å². The van der Waals surface area contributed by atoms with Gasteiger partial charge in [-0.3, -0.25) is 4.79 Å². The maximum Gasteiger partial charge on any atom is 0.407 e. The summed E-state index contributed by atoms with van der Waals surface area (Å²) in [4.78, 5) is 30.4. The molecular formula is C31H41FN4O4. The number of imidazole rings is 1. The molecule has 0 saturated heterocycles.